The quantitative estimate of drug-likeness (QED) is 0.724. The van der Waals surface area contributed by atoms with Gasteiger partial charge in [0.2, 0.25) is 0 Å². The monoisotopic (exact) mass is 218 g/mol. The number of aliphatic hydroxyl groups is 1. The standard InChI is InChI=1S/C9H16O3.C2H6.CH4/c1-4-11-8-6(2)5-7(3)12-9(8)10;1-2;/h4,6-10H,1,5H2,2-3H3;1-2H3;1H4/t6-,7+,8+,9+;;/m0../s1. The van der Waals surface area contributed by atoms with Crippen molar-refractivity contribution in [1.29, 1.82) is 0 Å². The van der Waals surface area contributed by atoms with Crippen molar-refractivity contribution in [2.45, 2.75) is 60.0 Å². The van der Waals surface area contributed by atoms with E-state index in [4.69, 9.17) is 9.47 Å². The van der Waals surface area contributed by atoms with Crippen LogP contribution in [-0.2, 0) is 9.47 Å². The first kappa shape index (κ1) is 16.9. The molecule has 15 heavy (non-hydrogen) atoms. The molecule has 3 nitrogen and oxygen atoms in total. The first-order chi connectivity index (χ1) is 6.65. The van der Waals surface area contributed by atoms with E-state index in [0.29, 0.717) is 5.92 Å². The number of hydrogen-bond donors (Lipinski definition) is 1. The third-order valence-corrected chi connectivity index (χ3v) is 2.17. The minimum atomic E-state index is -0.818. The van der Waals surface area contributed by atoms with E-state index >= 15 is 0 Å². The van der Waals surface area contributed by atoms with Crippen molar-refractivity contribution in [2.24, 2.45) is 5.92 Å². The largest absolute Gasteiger partial charge is 0.493 e. The van der Waals surface area contributed by atoms with Crippen LogP contribution < -0.4 is 0 Å². The van der Waals surface area contributed by atoms with Crippen LogP contribution in [0.2, 0.25) is 0 Å². The Hall–Kier alpha value is -0.540. The SMILES string of the molecule is C.C=CO[C@H]1[C@H](O)O[C@H](C)C[C@@H]1C.CC. The van der Waals surface area contributed by atoms with Crippen LogP contribution in [-0.4, -0.2) is 23.6 Å². The van der Waals surface area contributed by atoms with E-state index in [2.05, 4.69) is 6.58 Å². The second-order valence-electron chi connectivity index (χ2n) is 3.32. The highest BCUT2D eigenvalue weighted by atomic mass is 16.6. The summed E-state index contributed by atoms with van der Waals surface area (Å²) in [5, 5.41) is 9.45. The van der Waals surface area contributed by atoms with Gasteiger partial charge in [-0.3, -0.25) is 0 Å². The van der Waals surface area contributed by atoms with Gasteiger partial charge in [-0.15, -0.1) is 0 Å². The zero-order valence-electron chi connectivity index (χ0n) is 9.56. The van der Waals surface area contributed by atoms with E-state index in [9.17, 15) is 5.11 Å². The molecule has 1 N–H and O–H groups in total. The van der Waals surface area contributed by atoms with Crippen molar-refractivity contribution in [3.8, 4) is 0 Å². The number of hydrogen-bond acceptors (Lipinski definition) is 3. The molecule has 0 unspecified atom stereocenters. The smallest absolute Gasteiger partial charge is 0.192 e. The lowest BCUT2D eigenvalue weighted by molar-refractivity contribution is -0.228. The maximum absolute atomic E-state index is 9.45. The second-order valence-corrected chi connectivity index (χ2v) is 3.32. The molecule has 1 aliphatic heterocycles. The molecule has 0 spiro atoms. The molecule has 1 fully saturated rings. The maximum Gasteiger partial charge on any atom is 0.192 e. The summed E-state index contributed by atoms with van der Waals surface area (Å²) in [5.74, 6) is 0.307. The average molecular weight is 218 g/mol. The van der Waals surface area contributed by atoms with Crippen LogP contribution >= 0.6 is 0 Å². The van der Waals surface area contributed by atoms with Crippen LogP contribution in [0.5, 0.6) is 0 Å². The van der Waals surface area contributed by atoms with E-state index in [-0.39, 0.29) is 19.6 Å². The van der Waals surface area contributed by atoms with Crippen molar-refractivity contribution >= 4 is 0 Å². The van der Waals surface area contributed by atoms with Crippen LogP contribution in [0.15, 0.2) is 12.8 Å². The molecule has 0 aromatic rings. The molecule has 0 radical (unpaired) electrons. The minimum Gasteiger partial charge on any atom is -0.493 e. The van der Waals surface area contributed by atoms with E-state index < -0.39 is 6.29 Å². The van der Waals surface area contributed by atoms with Gasteiger partial charge in [0.15, 0.2) is 12.4 Å². The molecule has 0 aromatic carbocycles. The van der Waals surface area contributed by atoms with Crippen molar-refractivity contribution < 1.29 is 14.6 Å². The topological polar surface area (TPSA) is 38.7 Å². The lowest BCUT2D eigenvalue weighted by atomic mass is 9.94. The fourth-order valence-corrected chi connectivity index (χ4v) is 1.62. The number of ether oxygens (including phenoxy) is 2. The Balaban J connectivity index is 0. The summed E-state index contributed by atoms with van der Waals surface area (Å²) in [4.78, 5) is 0. The molecule has 0 amide bonds. The third-order valence-electron chi connectivity index (χ3n) is 2.17. The van der Waals surface area contributed by atoms with Gasteiger partial charge in [-0.2, -0.15) is 0 Å². The summed E-state index contributed by atoms with van der Waals surface area (Å²) in [5.41, 5.74) is 0. The predicted octanol–water partition coefficient (Wildman–Crippen LogP) is 2.94. The first-order valence-corrected chi connectivity index (χ1v) is 5.25. The summed E-state index contributed by atoms with van der Waals surface area (Å²) in [6.45, 7) is 11.4. The summed E-state index contributed by atoms with van der Waals surface area (Å²) in [7, 11) is 0. The Morgan fingerprint density at radius 2 is 1.93 bits per heavy atom. The molecule has 4 atom stereocenters. The van der Waals surface area contributed by atoms with Crippen LogP contribution in [0.4, 0.5) is 0 Å². The van der Waals surface area contributed by atoms with E-state index in [1.54, 1.807) is 0 Å². The third kappa shape index (κ3) is 5.19. The fourth-order valence-electron chi connectivity index (χ4n) is 1.62. The summed E-state index contributed by atoms with van der Waals surface area (Å²) >= 11 is 0. The number of rotatable bonds is 2. The minimum absolute atomic E-state index is 0. The highest BCUT2D eigenvalue weighted by molar-refractivity contribution is 4.79. The normalized spacial score (nSPS) is 34.2. The van der Waals surface area contributed by atoms with Gasteiger partial charge in [-0.25, -0.2) is 0 Å². The molecule has 0 bridgehead atoms. The van der Waals surface area contributed by atoms with Crippen molar-refractivity contribution in [1.82, 2.24) is 0 Å². The van der Waals surface area contributed by atoms with Gasteiger partial charge in [-0.1, -0.05) is 34.8 Å². The maximum atomic E-state index is 9.45. The average Bonchev–Trinajstić information content (AvgIpc) is 2.14. The van der Waals surface area contributed by atoms with Crippen LogP contribution in [0.25, 0.3) is 0 Å². The zero-order valence-corrected chi connectivity index (χ0v) is 9.56. The highest BCUT2D eigenvalue weighted by Crippen LogP contribution is 2.26. The Kier molecular flexibility index (Phi) is 9.84. The number of aliphatic hydroxyl groups excluding tert-OH is 1. The zero-order chi connectivity index (χ0) is 11.1. The fraction of sp³-hybridized carbons (Fsp3) is 0.833. The Bertz CT molecular complexity index is 147. The summed E-state index contributed by atoms with van der Waals surface area (Å²) < 4.78 is 10.3. The molecule has 1 saturated heterocycles. The van der Waals surface area contributed by atoms with E-state index in [0.717, 1.165) is 6.42 Å². The van der Waals surface area contributed by atoms with E-state index in [1.807, 2.05) is 27.7 Å². The molecule has 1 rings (SSSR count). The molecular formula is C12H26O3. The van der Waals surface area contributed by atoms with Gasteiger partial charge in [0.1, 0.15) is 0 Å². The second kappa shape index (κ2) is 8.74. The molecular weight excluding hydrogens is 192 g/mol. The van der Waals surface area contributed by atoms with Crippen molar-refractivity contribution in [3.63, 3.8) is 0 Å². The van der Waals surface area contributed by atoms with Crippen LogP contribution in [0, 0.1) is 5.92 Å². The Morgan fingerprint density at radius 3 is 2.33 bits per heavy atom. The van der Waals surface area contributed by atoms with Gasteiger partial charge in [-0.05, 0) is 13.3 Å². The van der Waals surface area contributed by atoms with Crippen LogP contribution in [0.1, 0.15) is 41.5 Å². The van der Waals surface area contributed by atoms with Gasteiger partial charge in [0, 0.05) is 5.92 Å². The lowest BCUT2D eigenvalue weighted by Crippen LogP contribution is -2.43. The highest BCUT2D eigenvalue weighted by Gasteiger charge is 2.34. The van der Waals surface area contributed by atoms with E-state index in [1.165, 1.54) is 6.26 Å². The molecule has 1 aliphatic rings. The first-order valence-electron chi connectivity index (χ1n) is 5.25. The van der Waals surface area contributed by atoms with Gasteiger partial charge < -0.3 is 14.6 Å². The van der Waals surface area contributed by atoms with Crippen LogP contribution in [0.3, 0.4) is 0 Å². The molecule has 3 heteroatoms. The Morgan fingerprint density at radius 1 is 1.40 bits per heavy atom. The van der Waals surface area contributed by atoms with Crippen molar-refractivity contribution in [3.05, 3.63) is 12.8 Å². The molecule has 0 aromatic heterocycles. The van der Waals surface area contributed by atoms with Gasteiger partial charge >= 0.3 is 0 Å². The summed E-state index contributed by atoms with van der Waals surface area (Å²) in [6.07, 6.45) is 1.29. The van der Waals surface area contributed by atoms with Crippen molar-refractivity contribution in [2.75, 3.05) is 0 Å². The summed E-state index contributed by atoms with van der Waals surface area (Å²) in [6, 6.07) is 0. The molecule has 92 valence electrons. The predicted molar refractivity (Wildman–Crippen MR) is 63.5 cm³/mol. The van der Waals surface area contributed by atoms with Gasteiger partial charge in [0.25, 0.3) is 0 Å². The Labute approximate surface area is 94.1 Å². The molecule has 1 heterocycles. The van der Waals surface area contributed by atoms with Gasteiger partial charge in [0.05, 0.1) is 12.4 Å². The lowest BCUT2D eigenvalue weighted by Gasteiger charge is -2.35. The molecule has 0 aliphatic carbocycles. The molecule has 0 saturated carbocycles.